The van der Waals surface area contributed by atoms with Crippen molar-refractivity contribution < 1.29 is 9.53 Å². The van der Waals surface area contributed by atoms with Crippen LogP contribution in [0.1, 0.15) is 27.2 Å². The van der Waals surface area contributed by atoms with Gasteiger partial charge >= 0.3 is 0 Å². The van der Waals surface area contributed by atoms with Crippen LogP contribution in [0, 0.1) is 0 Å². The molecular formula is C18H36N4O2. The zero-order valence-corrected chi connectivity index (χ0v) is 16.0. The highest BCUT2D eigenvalue weighted by Crippen LogP contribution is 2.17. The molecule has 2 heterocycles. The van der Waals surface area contributed by atoms with E-state index in [-0.39, 0.29) is 6.04 Å². The molecular weight excluding hydrogens is 304 g/mol. The summed E-state index contributed by atoms with van der Waals surface area (Å²) in [6.45, 7) is 16.1. The Kier molecular flexibility index (Phi) is 7.94. The van der Waals surface area contributed by atoms with Gasteiger partial charge in [-0.2, -0.15) is 0 Å². The van der Waals surface area contributed by atoms with E-state index in [0.717, 1.165) is 71.9 Å². The van der Waals surface area contributed by atoms with Crippen molar-refractivity contribution >= 4 is 5.91 Å². The second-order valence-corrected chi connectivity index (χ2v) is 7.02. The molecule has 2 fully saturated rings. The molecule has 2 aliphatic rings. The third kappa shape index (κ3) is 4.91. The average molecular weight is 341 g/mol. The first-order valence-corrected chi connectivity index (χ1v) is 9.58. The maximum absolute atomic E-state index is 12.9. The number of methoxy groups -OCH3 is 1. The number of ether oxygens (including phenoxy) is 1. The fraction of sp³-hybridized carbons (Fsp3) is 0.944. The third-order valence-corrected chi connectivity index (χ3v) is 5.73. The van der Waals surface area contributed by atoms with E-state index in [1.165, 1.54) is 0 Å². The molecule has 0 aliphatic carbocycles. The van der Waals surface area contributed by atoms with Gasteiger partial charge in [0.05, 0.1) is 12.6 Å². The van der Waals surface area contributed by atoms with Gasteiger partial charge in [0.15, 0.2) is 0 Å². The highest BCUT2D eigenvalue weighted by molar-refractivity contribution is 5.81. The van der Waals surface area contributed by atoms with Crippen molar-refractivity contribution in [1.82, 2.24) is 19.6 Å². The minimum Gasteiger partial charge on any atom is -0.383 e. The van der Waals surface area contributed by atoms with Crippen LogP contribution in [-0.2, 0) is 9.53 Å². The highest BCUT2D eigenvalue weighted by Gasteiger charge is 2.33. The van der Waals surface area contributed by atoms with Gasteiger partial charge in [0.25, 0.3) is 0 Å². The first-order valence-electron chi connectivity index (χ1n) is 9.58. The predicted octanol–water partition coefficient (Wildman–Crippen LogP) is 0.582. The summed E-state index contributed by atoms with van der Waals surface area (Å²) < 4.78 is 5.23. The molecule has 2 rings (SSSR count). The molecule has 0 aromatic heterocycles. The average Bonchev–Trinajstić information content (AvgIpc) is 2.65. The molecule has 24 heavy (non-hydrogen) atoms. The van der Waals surface area contributed by atoms with E-state index in [4.69, 9.17) is 4.74 Å². The highest BCUT2D eigenvalue weighted by atomic mass is 16.5. The van der Waals surface area contributed by atoms with Gasteiger partial charge in [-0.15, -0.1) is 0 Å². The summed E-state index contributed by atoms with van der Waals surface area (Å²) in [4.78, 5) is 22.2. The normalized spacial score (nSPS) is 25.8. The first kappa shape index (κ1) is 19.6. The van der Waals surface area contributed by atoms with E-state index in [0.29, 0.717) is 11.9 Å². The molecule has 0 aromatic rings. The SMILES string of the molecule is CC[C@@H]1CN([C@H](C)C(=O)N2CCN(CC)CC2)CCN1CCOC. The number of hydrogen-bond donors (Lipinski definition) is 0. The van der Waals surface area contributed by atoms with Crippen LogP contribution < -0.4 is 0 Å². The Balaban J connectivity index is 1.86. The molecule has 2 atom stereocenters. The van der Waals surface area contributed by atoms with Crippen molar-refractivity contribution in [3.63, 3.8) is 0 Å². The summed E-state index contributed by atoms with van der Waals surface area (Å²) in [6.07, 6.45) is 1.12. The first-order chi connectivity index (χ1) is 11.6. The summed E-state index contributed by atoms with van der Waals surface area (Å²) in [7, 11) is 1.76. The minimum atomic E-state index is -0.00296. The number of piperazine rings is 2. The zero-order chi connectivity index (χ0) is 17.5. The Labute approximate surface area is 147 Å². The number of likely N-dealkylation sites (N-methyl/N-ethyl adjacent to an activating group) is 1. The molecule has 6 heteroatoms. The predicted molar refractivity (Wildman–Crippen MR) is 97.3 cm³/mol. The van der Waals surface area contributed by atoms with Crippen LogP contribution >= 0.6 is 0 Å². The quantitative estimate of drug-likeness (QED) is 0.678. The van der Waals surface area contributed by atoms with E-state index in [1.54, 1.807) is 7.11 Å². The number of amides is 1. The third-order valence-electron chi connectivity index (χ3n) is 5.73. The maximum Gasteiger partial charge on any atom is 0.239 e. The van der Waals surface area contributed by atoms with Crippen LogP contribution in [0.4, 0.5) is 0 Å². The van der Waals surface area contributed by atoms with Gasteiger partial charge in [-0.1, -0.05) is 13.8 Å². The van der Waals surface area contributed by atoms with Crippen LogP contribution in [0.3, 0.4) is 0 Å². The van der Waals surface area contributed by atoms with Crippen LogP contribution in [0.25, 0.3) is 0 Å². The van der Waals surface area contributed by atoms with Crippen LogP contribution in [-0.4, -0.2) is 110 Å². The van der Waals surface area contributed by atoms with Crippen molar-refractivity contribution in [2.45, 2.75) is 39.3 Å². The summed E-state index contributed by atoms with van der Waals surface area (Å²) in [6, 6.07) is 0.526. The van der Waals surface area contributed by atoms with Gasteiger partial charge in [0, 0.05) is 65.5 Å². The van der Waals surface area contributed by atoms with E-state index >= 15 is 0 Å². The lowest BCUT2D eigenvalue weighted by atomic mass is 10.1. The standard InChI is InChI=1S/C18H36N4O2/c1-5-17-15-22(12-11-20(17)13-14-24-4)16(3)18(23)21-9-7-19(6-2)8-10-21/h16-17H,5-15H2,1-4H3/t16-,17-/m1/s1. The van der Waals surface area contributed by atoms with Gasteiger partial charge in [-0.05, 0) is 19.9 Å². The maximum atomic E-state index is 12.9. The van der Waals surface area contributed by atoms with Crippen LogP contribution in [0.2, 0.25) is 0 Å². The number of rotatable bonds is 7. The number of carbonyl (C=O) groups is 1. The smallest absolute Gasteiger partial charge is 0.239 e. The molecule has 140 valence electrons. The molecule has 2 aliphatic heterocycles. The zero-order valence-electron chi connectivity index (χ0n) is 16.0. The van der Waals surface area contributed by atoms with Crippen molar-refractivity contribution in [2.75, 3.05) is 72.6 Å². The van der Waals surface area contributed by atoms with Crippen molar-refractivity contribution in [3.8, 4) is 0 Å². The Morgan fingerprint density at radius 3 is 2.42 bits per heavy atom. The van der Waals surface area contributed by atoms with Crippen molar-refractivity contribution in [3.05, 3.63) is 0 Å². The summed E-state index contributed by atoms with van der Waals surface area (Å²) >= 11 is 0. The molecule has 0 radical (unpaired) electrons. The van der Waals surface area contributed by atoms with E-state index in [9.17, 15) is 4.79 Å². The fourth-order valence-electron chi connectivity index (χ4n) is 3.86. The Morgan fingerprint density at radius 1 is 1.12 bits per heavy atom. The van der Waals surface area contributed by atoms with Gasteiger partial charge in [-0.25, -0.2) is 0 Å². The molecule has 0 spiro atoms. The van der Waals surface area contributed by atoms with Crippen LogP contribution in [0.5, 0.6) is 0 Å². The molecule has 0 saturated carbocycles. The summed E-state index contributed by atoms with van der Waals surface area (Å²) in [5.74, 6) is 0.311. The van der Waals surface area contributed by atoms with Gasteiger partial charge in [-0.3, -0.25) is 14.6 Å². The second-order valence-electron chi connectivity index (χ2n) is 7.02. The lowest BCUT2D eigenvalue weighted by Gasteiger charge is -2.44. The van der Waals surface area contributed by atoms with E-state index < -0.39 is 0 Å². The Hall–Kier alpha value is -0.690. The minimum absolute atomic E-state index is 0.00296. The molecule has 0 bridgehead atoms. The summed E-state index contributed by atoms with van der Waals surface area (Å²) in [5, 5.41) is 0. The Morgan fingerprint density at radius 2 is 1.83 bits per heavy atom. The topological polar surface area (TPSA) is 39.3 Å². The van der Waals surface area contributed by atoms with E-state index in [2.05, 4.69) is 40.4 Å². The molecule has 0 aromatic carbocycles. The molecule has 1 amide bonds. The lowest BCUT2D eigenvalue weighted by molar-refractivity contribution is -0.139. The Bertz CT molecular complexity index is 385. The van der Waals surface area contributed by atoms with E-state index in [1.807, 2.05) is 0 Å². The van der Waals surface area contributed by atoms with Crippen molar-refractivity contribution in [2.24, 2.45) is 0 Å². The van der Waals surface area contributed by atoms with Gasteiger partial charge < -0.3 is 14.5 Å². The molecule has 0 unspecified atom stereocenters. The van der Waals surface area contributed by atoms with Gasteiger partial charge in [0.2, 0.25) is 5.91 Å². The number of nitrogens with zero attached hydrogens (tertiary/aromatic N) is 4. The molecule has 6 nitrogen and oxygen atoms in total. The van der Waals surface area contributed by atoms with Gasteiger partial charge in [0.1, 0.15) is 0 Å². The second kappa shape index (κ2) is 9.70. The van der Waals surface area contributed by atoms with Crippen molar-refractivity contribution in [1.29, 1.82) is 0 Å². The van der Waals surface area contributed by atoms with Crippen LogP contribution in [0.15, 0.2) is 0 Å². The largest absolute Gasteiger partial charge is 0.383 e. The fourth-order valence-corrected chi connectivity index (χ4v) is 3.86. The molecule has 2 saturated heterocycles. The lowest BCUT2D eigenvalue weighted by Crippen LogP contribution is -2.60. The monoisotopic (exact) mass is 340 g/mol. The molecule has 0 N–H and O–H groups in total. The number of carbonyl (C=O) groups excluding carboxylic acids is 1. The number of hydrogen-bond acceptors (Lipinski definition) is 5. The summed E-state index contributed by atoms with van der Waals surface area (Å²) in [5.41, 5.74) is 0.